The van der Waals surface area contributed by atoms with Crippen molar-refractivity contribution in [1.29, 1.82) is 0 Å². The van der Waals surface area contributed by atoms with E-state index in [0.29, 0.717) is 11.8 Å². The van der Waals surface area contributed by atoms with Gasteiger partial charge in [0.25, 0.3) is 0 Å². The Labute approximate surface area is 109 Å². The topological polar surface area (TPSA) is 32.3 Å². The van der Waals surface area contributed by atoms with Crippen LogP contribution in [0.25, 0.3) is 0 Å². The van der Waals surface area contributed by atoms with Crippen LogP contribution in [0, 0.1) is 6.92 Å². The van der Waals surface area contributed by atoms with E-state index in [2.05, 4.69) is 19.2 Å². The summed E-state index contributed by atoms with van der Waals surface area (Å²) < 4.78 is 0. The van der Waals surface area contributed by atoms with Gasteiger partial charge in [0.2, 0.25) is 0 Å². The van der Waals surface area contributed by atoms with E-state index in [0.717, 1.165) is 12.1 Å². The van der Waals surface area contributed by atoms with Crippen molar-refractivity contribution in [3.63, 3.8) is 0 Å². The number of hydrogen-bond donors (Lipinski definition) is 2. The molecule has 0 heterocycles. The minimum Gasteiger partial charge on any atom is -0.508 e. The van der Waals surface area contributed by atoms with Crippen LogP contribution in [-0.2, 0) is 6.54 Å². The zero-order valence-electron chi connectivity index (χ0n) is 11.0. The predicted octanol–water partition coefficient (Wildman–Crippen LogP) is 3.32. The minimum absolute atomic E-state index is 0.387. The second-order valence-corrected chi connectivity index (χ2v) is 5.79. The number of phenols is 1. The second kappa shape index (κ2) is 7.62. The highest BCUT2D eigenvalue weighted by atomic mass is 32.2. The zero-order valence-corrected chi connectivity index (χ0v) is 11.8. The summed E-state index contributed by atoms with van der Waals surface area (Å²) in [5.41, 5.74) is 2.17. The smallest absolute Gasteiger partial charge is 0.120 e. The molecule has 3 heteroatoms. The highest BCUT2D eigenvalue weighted by Crippen LogP contribution is 2.18. The van der Waals surface area contributed by atoms with E-state index in [4.69, 9.17) is 0 Å². The molecule has 1 atom stereocenters. The fourth-order valence-electron chi connectivity index (χ4n) is 1.65. The van der Waals surface area contributed by atoms with Gasteiger partial charge in [-0.25, -0.2) is 0 Å². The Kier molecular flexibility index (Phi) is 6.45. The summed E-state index contributed by atoms with van der Waals surface area (Å²) in [6, 6.07) is 6.23. The molecule has 0 amide bonds. The Morgan fingerprint density at radius 2 is 2.18 bits per heavy atom. The van der Waals surface area contributed by atoms with Crippen LogP contribution in [-0.4, -0.2) is 22.7 Å². The molecule has 0 bridgehead atoms. The van der Waals surface area contributed by atoms with Gasteiger partial charge in [0.1, 0.15) is 5.75 Å². The number of aromatic hydroxyl groups is 1. The normalized spacial score (nSPS) is 12.6. The van der Waals surface area contributed by atoms with Crippen molar-refractivity contribution in [2.75, 3.05) is 11.5 Å². The Balaban J connectivity index is 2.36. The van der Waals surface area contributed by atoms with Crippen LogP contribution in [0.15, 0.2) is 18.2 Å². The first-order valence-corrected chi connectivity index (χ1v) is 7.38. The van der Waals surface area contributed by atoms with Crippen molar-refractivity contribution in [1.82, 2.24) is 5.32 Å². The Bertz CT molecular complexity index is 341. The molecule has 1 unspecified atom stereocenters. The lowest BCUT2D eigenvalue weighted by atomic mass is 10.1. The molecule has 0 spiro atoms. The number of thioether (sulfide) groups is 1. The lowest BCUT2D eigenvalue weighted by molar-refractivity contribution is 0.457. The van der Waals surface area contributed by atoms with E-state index in [1.807, 2.05) is 30.8 Å². The monoisotopic (exact) mass is 253 g/mol. The van der Waals surface area contributed by atoms with Crippen LogP contribution < -0.4 is 5.32 Å². The number of benzene rings is 1. The van der Waals surface area contributed by atoms with Gasteiger partial charge in [-0.2, -0.15) is 11.8 Å². The maximum atomic E-state index is 9.72. The molecule has 0 aliphatic carbocycles. The molecular formula is C14H23NOS. The number of hydrogen-bond acceptors (Lipinski definition) is 3. The molecular weight excluding hydrogens is 230 g/mol. The molecule has 17 heavy (non-hydrogen) atoms. The molecule has 0 fully saturated rings. The molecule has 0 aliphatic rings. The number of phenolic OH excluding ortho intramolecular Hbond substituents is 1. The molecule has 2 N–H and O–H groups in total. The van der Waals surface area contributed by atoms with Gasteiger partial charge in [0.05, 0.1) is 0 Å². The van der Waals surface area contributed by atoms with Crippen LogP contribution in [0.3, 0.4) is 0 Å². The SMILES string of the molecule is CCSCCC(C)NCc1cc(C)ccc1O. The Morgan fingerprint density at radius 3 is 2.88 bits per heavy atom. The third kappa shape index (κ3) is 5.46. The van der Waals surface area contributed by atoms with Crippen LogP contribution in [0.2, 0.25) is 0 Å². The van der Waals surface area contributed by atoms with E-state index >= 15 is 0 Å². The van der Waals surface area contributed by atoms with E-state index in [9.17, 15) is 5.11 Å². The third-order valence-electron chi connectivity index (χ3n) is 2.78. The summed E-state index contributed by atoms with van der Waals surface area (Å²) >= 11 is 1.97. The number of nitrogens with one attached hydrogen (secondary N) is 1. The first kappa shape index (κ1) is 14.4. The van der Waals surface area contributed by atoms with Gasteiger partial charge in [0, 0.05) is 18.2 Å². The van der Waals surface area contributed by atoms with Gasteiger partial charge in [-0.1, -0.05) is 24.6 Å². The maximum absolute atomic E-state index is 9.72. The molecule has 2 nitrogen and oxygen atoms in total. The fraction of sp³-hybridized carbons (Fsp3) is 0.571. The molecule has 1 aromatic rings. The van der Waals surface area contributed by atoms with Crippen molar-refractivity contribution in [2.24, 2.45) is 0 Å². The molecule has 0 saturated heterocycles. The van der Waals surface area contributed by atoms with Crippen molar-refractivity contribution >= 4 is 11.8 Å². The average Bonchev–Trinajstić information content (AvgIpc) is 2.31. The van der Waals surface area contributed by atoms with Crippen molar-refractivity contribution in [3.05, 3.63) is 29.3 Å². The van der Waals surface area contributed by atoms with Crippen LogP contribution in [0.4, 0.5) is 0 Å². The summed E-state index contributed by atoms with van der Waals surface area (Å²) in [4.78, 5) is 0. The maximum Gasteiger partial charge on any atom is 0.120 e. The summed E-state index contributed by atoms with van der Waals surface area (Å²) in [6.07, 6.45) is 1.17. The zero-order chi connectivity index (χ0) is 12.7. The molecule has 0 radical (unpaired) electrons. The molecule has 96 valence electrons. The lowest BCUT2D eigenvalue weighted by Gasteiger charge is -2.14. The van der Waals surface area contributed by atoms with Gasteiger partial charge in [-0.05, 0) is 37.8 Å². The Hall–Kier alpha value is -0.670. The van der Waals surface area contributed by atoms with Gasteiger partial charge in [-0.15, -0.1) is 0 Å². The number of aryl methyl sites for hydroxylation is 1. The van der Waals surface area contributed by atoms with Gasteiger partial charge >= 0.3 is 0 Å². The lowest BCUT2D eigenvalue weighted by Crippen LogP contribution is -2.26. The van der Waals surface area contributed by atoms with Gasteiger partial charge < -0.3 is 10.4 Å². The summed E-state index contributed by atoms with van der Waals surface area (Å²) in [7, 11) is 0. The van der Waals surface area contributed by atoms with Crippen LogP contribution in [0.1, 0.15) is 31.4 Å². The summed E-state index contributed by atoms with van der Waals surface area (Å²) in [5, 5.41) is 13.2. The van der Waals surface area contributed by atoms with E-state index < -0.39 is 0 Å². The fourth-order valence-corrected chi connectivity index (χ4v) is 2.46. The third-order valence-corrected chi connectivity index (χ3v) is 3.71. The van der Waals surface area contributed by atoms with Crippen molar-refractivity contribution in [3.8, 4) is 5.75 Å². The quantitative estimate of drug-likeness (QED) is 0.731. The first-order chi connectivity index (χ1) is 8.13. The molecule has 0 aromatic heterocycles. The van der Waals surface area contributed by atoms with Gasteiger partial charge in [0.15, 0.2) is 0 Å². The average molecular weight is 253 g/mol. The standard InChI is InChI=1S/C14H23NOS/c1-4-17-8-7-12(3)15-10-13-9-11(2)5-6-14(13)16/h5-6,9,12,15-16H,4,7-8,10H2,1-3H3. The highest BCUT2D eigenvalue weighted by molar-refractivity contribution is 7.99. The van der Waals surface area contributed by atoms with Gasteiger partial charge in [-0.3, -0.25) is 0 Å². The molecule has 0 aliphatic heterocycles. The van der Waals surface area contributed by atoms with E-state index in [1.54, 1.807) is 6.07 Å². The molecule has 1 rings (SSSR count). The van der Waals surface area contributed by atoms with Crippen molar-refractivity contribution < 1.29 is 5.11 Å². The highest BCUT2D eigenvalue weighted by Gasteiger charge is 2.04. The number of rotatable bonds is 7. The first-order valence-electron chi connectivity index (χ1n) is 6.23. The second-order valence-electron chi connectivity index (χ2n) is 4.40. The molecule has 1 aromatic carbocycles. The van der Waals surface area contributed by atoms with Crippen LogP contribution in [0.5, 0.6) is 5.75 Å². The van der Waals surface area contributed by atoms with Crippen molar-refractivity contribution in [2.45, 2.75) is 39.8 Å². The molecule has 0 saturated carbocycles. The van der Waals surface area contributed by atoms with E-state index in [-0.39, 0.29) is 0 Å². The van der Waals surface area contributed by atoms with Crippen LogP contribution >= 0.6 is 11.8 Å². The largest absolute Gasteiger partial charge is 0.508 e. The minimum atomic E-state index is 0.387. The Morgan fingerprint density at radius 1 is 1.41 bits per heavy atom. The summed E-state index contributed by atoms with van der Waals surface area (Å²) in [6.45, 7) is 7.17. The summed E-state index contributed by atoms with van der Waals surface area (Å²) in [5.74, 6) is 2.77. The predicted molar refractivity (Wildman–Crippen MR) is 76.8 cm³/mol. The van der Waals surface area contributed by atoms with E-state index in [1.165, 1.54) is 23.5 Å².